The molecule has 5 aromatic heterocycles. The van der Waals surface area contributed by atoms with E-state index in [-0.39, 0.29) is 17.6 Å². The fraction of sp³-hybridized carbons (Fsp3) is 0.150. The summed E-state index contributed by atoms with van der Waals surface area (Å²) in [4.78, 5) is 13.5. The minimum absolute atomic E-state index is 0.158. The van der Waals surface area contributed by atoms with Crippen LogP contribution in [-0.4, -0.2) is 41.3 Å². The number of nitrogens with zero attached hydrogens (tertiary/aromatic N) is 7. The normalized spacial score (nSPS) is 16.2. The Morgan fingerprint density at radius 3 is 3.00 bits per heavy atom. The average molecular weight is 402 g/mol. The predicted molar refractivity (Wildman–Crippen MR) is 104 cm³/mol. The maximum Gasteiger partial charge on any atom is 0.319 e. The van der Waals surface area contributed by atoms with Crippen molar-refractivity contribution in [1.29, 1.82) is 0 Å². The number of nitrogens with one attached hydrogen (secondary N) is 1. The van der Waals surface area contributed by atoms with Crippen LogP contribution in [0.2, 0.25) is 0 Å². The van der Waals surface area contributed by atoms with Gasteiger partial charge < -0.3 is 14.3 Å². The smallest absolute Gasteiger partial charge is 0.319 e. The highest BCUT2D eigenvalue weighted by Gasteiger charge is 2.36. The molecule has 1 unspecified atom stereocenters. The van der Waals surface area contributed by atoms with Crippen molar-refractivity contribution in [2.45, 2.75) is 12.5 Å². The Balaban J connectivity index is 1.44. The maximum atomic E-state index is 13.5. The number of H-pyrrole nitrogens is 1. The molecule has 1 aliphatic rings. The van der Waals surface area contributed by atoms with Crippen molar-refractivity contribution in [3.8, 4) is 11.6 Å². The number of hydrogen-bond donors (Lipinski definition) is 1. The molecule has 0 aliphatic carbocycles. The van der Waals surface area contributed by atoms with Crippen LogP contribution in [0.1, 0.15) is 23.1 Å². The molecule has 1 atom stereocenters. The van der Waals surface area contributed by atoms with Crippen molar-refractivity contribution >= 4 is 11.5 Å². The van der Waals surface area contributed by atoms with Crippen molar-refractivity contribution in [2.24, 2.45) is 0 Å². The molecule has 0 aromatic carbocycles. The number of halogens is 1. The van der Waals surface area contributed by atoms with Gasteiger partial charge in [0.1, 0.15) is 11.7 Å². The summed E-state index contributed by atoms with van der Waals surface area (Å²) in [5, 5.41) is 13.0. The van der Waals surface area contributed by atoms with Crippen LogP contribution < -0.4 is 4.90 Å². The lowest BCUT2D eigenvalue weighted by Gasteiger charge is -2.32. The zero-order valence-corrected chi connectivity index (χ0v) is 15.6. The van der Waals surface area contributed by atoms with Crippen LogP contribution in [0.15, 0.2) is 59.4 Å². The van der Waals surface area contributed by atoms with Gasteiger partial charge in [-0.3, -0.25) is 0 Å². The lowest BCUT2D eigenvalue weighted by molar-refractivity contribution is 0.501. The summed E-state index contributed by atoms with van der Waals surface area (Å²) in [5.41, 5.74) is 4.01. The van der Waals surface area contributed by atoms with E-state index < -0.39 is 5.95 Å². The van der Waals surface area contributed by atoms with Crippen LogP contribution in [0, 0.1) is 5.95 Å². The van der Waals surface area contributed by atoms with E-state index in [0.717, 1.165) is 29.0 Å². The lowest BCUT2D eigenvalue weighted by Crippen LogP contribution is -2.36. The van der Waals surface area contributed by atoms with E-state index in [2.05, 4.69) is 25.1 Å². The van der Waals surface area contributed by atoms with E-state index in [4.69, 9.17) is 9.52 Å². The predicted octanol–water partition coefficient (Wildman–Crippen LogP) is 2.79. The Morgan fingerprint density at radius 1 is 1.13 bits per heavy atom. The first-order chi connectivity index (χ1) is 14.8. The Labute approximate surface area is 169 Å². The van der Waals surface area contributed by atoms with Gasteiger partial charge >= 0.3 is 6.01 Å². The average Bonchev–Trinajstić information content (AvgIpc) is 3.51. The second-order valence-electron chi connectivity index (χ2n) is 6.99. The number of imidazole rings is 1. The highest BCUT2D eigenvalue weighted by atomic mass is 19.1. The first-order valence-electron chi connectivity index (χ1n) is 9.46. The molecule has 1 N–H and O–H groups in total. The van der Waals surface area contributed by atoms with Crippen molar-refractivity contribution in [3.63, 3.8) is 0 Å². The van der Waals surface area contributed by atoms with Crippen LogP contribution >= 0.6 is 0 Å². The fourth-order valence-electron chi connectivity index (χ4n) is 3.84. The molecule has 10 heteroatoms. The van der Waals surface area contributed by atoms with Crippen LogP contribution in [-0.2, 0) is 6.42 Å². The first kappa shape index (κ1) is 16.8. The molecule has 0 amide bonds. The van der Waals surface area contributed by atoms with E-state index in [1.54, 1.807) is 18.5 Å². The first-order valence-corrected chi connectivity index (χ1v) is 9.46. The zero-order valence-electron chi connectivity index (χ0n) is 15.6. The Hall–Kier alpha value is -4.08. The second kappa shape index (κ2) is 6.48. The van der Waals surface area contributed by atoms with Crippen LogP contribution in [0.4, 0.5) is 10.4 Å². The molecular formula is C20H15FN8O. The molecule has 0 bridgehead atoms. The highest BCUT2D eigenvalue weighted by molar-refractivity contribution is 5.53. The molecule has 30 heavy (non-hydrogen) atoms. The minimum Gasteiger partial charge on any atom is -0.402 e. The van der Waals surface area contributed by atoms with Crippen molar-refractivity contribution < 1.29 is 8.81 Å². The van der Waals surface area contributed by atoms with Crippen molar-refractivity contribution in [2.75, 3.05) is 11.4 Å². The van der Waals surface area contributed by atoms with Gasteiger partial charge in [-0.2, -0.15) is 9.49 Å². The molecule has 0 fully saturated rings. The third-order valence-electron chi connectivity index (χ3n) is 5.19. The molecule has 0 radical (unpaired) electrons. The van der Waals surface area contributed by atoms with Crippen molar-refractivity contribution in [3.05, 3.63) is 78.0 Å². The SMILES string of the molecule is Fc1cccc(-c2nnc(N3CCc4[nH]cnc4C3c3cc4ccccn4n3)o2)n1. The van der Waals surface area contributed by atoms with Gasteiger partial charge in [0, 0.05) is 24.9 Å². The maximum absolute atomic E-state index is 13.5. The largest absolute Gasteiger partial charge is 0.402 e. The summed E-state index contributed by atoms with van der Waals surface area (Å²) in [6.45, 7) is 0.631. The van der Waals surface area contributed by atoms with Crippen LogP contribution in [0.3, 0.4) is 0 Å². The number of hydrogen-bond acceptors (Lipinski definition) is 7. The summed E-state index contributed by atoms with van der Waals surface area (Å²) in [6, 6.07) is 12.4. The van der Waals surface area contributed by atoms with E-state index in [1.165, 1.54) is 6.07 Å². The molecule has 0 saturated heterocycles. The van der Waals surface area contributed by atoms with Gasteiger partial charge in [-0.15, -0.1) is 5.10 Å². The van der Waals surface area contributed by atoms with Gasteiger partial charge in [0.25, 0.3) is 5.89 Å². The Kier molecular flexibility index (Phi) is 3.63. The molecule has 0 spiro atoms. The van der Waals surface area contributed by atoms with E-state index in [9.17, 15) is 4.39 Å². The third-order valence-corrected chi connectivity index (χ3v) is 5.19. The van der Waals surface area contributed by atoms with E-state index >= 15 is 0 Å². The van der Waals surface area contributed by atoms with Gasteiger partial charge in [0.15, 0.2) is 0 Å². The van der Waals surface area contributed by atoms with E-state index in [1.807, 2.05) is 39.9 Å². The molecule has 1 aliphatic heterocycles. The van der Waals surface area contributed by atoms with E-state index in [0.29, 0.717) is 12.6 Å². The Morgan fingerprint density at radius 2 is 2.10 bits per heavy atom. The number of aromatic nitrogens is 7. The number of aromatic amines is 1. The van der Waals surface area contributed by atoms with Gasteiger partial charge in [0.05, 0.1) is 23.2 Å². The zero-order chi connectivity index (χ0) is 20.1. The summed E-state index contributed by atoms with van der Waals surface area (Å²) >= 11 is 0. The summed E-state index contributed by atoms with van der Waals surface area (Å²) in [7, 11) is 0. The van der Waals surface area contributed by atoms with Gasteiger partial charge in [0.2, 0.25) is 5.95 Å². The number of rotatable bonds is 3. The minimum atomic E-state index is -0.603. The highest BCUT2D eigenvalue weighted by Crippen LogP contribution is 2.36. The van der Waals surface area contributed by atoms with Crippen molar-refractivity contribution in [1.82, 2.24) is 34.8 Å². The monoisotopic (exact) mass is 402 g/mol. The molecule has 9 nitrogen and oxygen atoms in total. The summed E-state index contributed by atoms with van der Waals surface area (Å²) in [5.74, 6) is -0.444. The van der Waals surface area contributed by atoms with Gasteiger partial charge in [-0.1, -0.05) is 17.2 Å². The van der Waals surface area contributed by atoms with Crippen LogP contribution in [0.5, 0.6) is 0 Å². The number of pyridine rings is 2. The van der Waals surface area contributed by atoms with Crippen LogP contribution in [0.25, 0.3) is 17.1 Å². The van der Waals surface area contributed by atoms with Gasteiger partial charge in [-0.05, 0) is 30.3 Å². The molecular weight excluding hydrogens is 387 g/mol. The molecule has 148 valence electrons. The third kappa shape index (κ3) is 2.65. The summed E-state index contributed by atoms with van der Waals surface area (Å²) < 4.78 is 21.2. The summed E-state index contributed by atoms with van der Waals surface area (Å²) in [6.07, 6.45) is 4.33. The fourth-order valence-corrected chi connectivity index (χ4v) is 3.84. The molecule has 5 aromatic rings. The quantitative estimate of drug-likeness (QED) is 0.463. The standard InChI is InChI=1S/C20H15FN8O/c21-16-6-3-5-14(24-16)19-25-26-20(30-19)28-9-7-13-17(23-11-22-13)18(28)15-10-12-4-1-2-8-29(12)27-15/h1-6,8,10-11,18H,7,9H2,(H,22,23). The lowest BCUT2D eigenvalue weighted by atomic mass is 10.0. The molecule has 6 heterocycles. The van der Waals surface area contributed by atoms with Gasteiger partial charge in [-0.25, -0.2) is 14.5 Å². The number of anilines is 1. The second-order valence-corrected chi connectivity index (χ2v) is 6.99. The molecule has 6 rings (SSSR count). The molecule has 0 saturated carbocycles. The number of fused-ring (bicyclic) bond motifs is 2. The Bertz CT molecular complexity index is 1320. The topological polar surface area (TPSA) is 101 Å².